The third-order valence-corrected chi connectivity index (χ3v) is 8.12. The van der Waals surface area contributed by atoms with E-state index >= 15 is 0 Å². The van der Waals surface area contributed by atoms with Crippen molar-refractivity contribution in [2.45, 2.75) is 38.5 Å². The van der Waals surface area contributed by atoms with E-state index in [2.05, 4.69) is 36.2 Å². The lowest BCUT2D eigenvalue weighted by Crippen LogP contribution is -2.35. The van der Waals surface area contributed by atoms with Crippen molar-refractivity contribution in [3.8, 4) is 5.69 Å². The first kappa shape index (κ1) is 25.9. The molecule has 38 heavy (non-hydrogen) atoms. The summed E-state index contributed by atoms with van der Waals surface area (Å²) in [6, 6.07) is 11.6. The first-order valence-corrected chi connectivity index (χ1v) is 13.4. The number of amides is 1. The van der Waals surface area contributed by atoms with Crippen LogP contribution in [0.2, 0.25) is 0 Å². The summed E-state index contributed by atoms with van der Waals surface area (Å²) >= 11 is 0. The number of anilines is 1. The number of aryl methyl sites for hydroxylation is 1. The standard InChI is InChI=1S/C31H37N5O2/c1-20-16-23(31(38)34(4)5)6-7-26(20)22-9-13-35(14-10-22)19-24-17-27-28(8-12-33-30(27)21(24)2)36-15-11-25(32-3)18-29(36)37/h6-8,11-12,15-18,21-22,32H,9-10,13-14,19H2,1-5H3. The fourth-order valence-corrected chi connectivity index (χ4v) is 5.87. The molecule has 0 saturated carbocycles. The zero-order valence-corrected chi connectivity index (χ0v) is 23.0. The number of carbonyl (C=O) groups excluding carboxylic acids is 1. The minimum atomic E-state index is -0.0590. The number of hydrogen-bond donors (Lipinski definition) is 1. The minimum absolute atomic E-state index is 0.0481. The van der Waals surface area contributed by atoms with Crippen LogP contribution in [0.5, 0.6) is 0 Å². The molecule has 7 heteroatoms. The van der Waals surface area contributed by atoms with Crippen LogP contribution in [-0.4, -0.2) is 66.0 Å². The molecule has 5 rings (SSSR count). The van der Waals surface area contributed by atoms with E-state index in [-0.39, 0.29) is 17.4 Å². The van der Waals surface area contributed by atoms with Crippen LogP contribution in [0, 0.1) is 6.92 Å². The quantitative estimate of drug-likeness (QED) is 0.521. The first-order valence-electron chi connectivity index (χ1n) is 13.4. The van der Waals surface area contributed by atoms with Gasteiger partial charge in [0.05, 0.1) is 11.4 Å². The number of likely N-dealkylation sites (tertiary alicyclic amines) is 1. The average molecular weight is 512 g/mol. The molecule has 1 aliphatic heterocycles. The van der Waals surface area contributed by atoms with Crippen molar-refractivity contribution in [3.63, 3.8) is 0 Å². The second-order valence-corrected chi connectivity index (χ2v) is 10.8. The zero-order valence-electron chi connectivity index (χ0n) is 23.0. The molecule has 2 aromatic heterocycles. The molecule has 1 amide bonds. The summed E-state index contributed by atoms with van der Waals surface area (Å²) < 4.78 is 1.71. The molecular weight excluding hydrogens is 474 g/mol. The normalized spacial score (nSPS) is 17.7. The molecule has 1 N–H and O–H groups in total. The third kappa shape index (κ3) is 4.90. The number of aromatic nitrogens is 2. The van der Waals surface area contributed by atoms with Crippen LogP contribution >= 0.6 is 0 Å². The SMILES string of the molecule is CNc1ccn(-c2ccnc3c2C=C(CN2CCC(c4ccc(C(=O)N(C)C)cc4C)CC2)C3C)c(=O)c1. The van der Waals surface area contributed by atoms with Crippen molar-refractivity contribution >= 4 is 17.7 Å². The first-order chi connectivity index (χ1) is 18.3. The maximum absolute atomic E-state index is 12.8. The molecule has 1 aliphatic carbocycles. The van der Waals surface area contributed by atoms with E-state index in [0.717, 1.165) is 60.7 Å². The van der Waals surface area contributed by atoms with Gasteiger partial charge in [0.25, 0.3) is 11.5 Å². The number of carbonyl (C=O) groups is 1. The Morgan fingerprint density at radius 1 is 1.13 bits per heavy atom. The number of fused-ring (bicyclic) bond motifs is 1. The lowest BCUT2D eigenvalue weighted by molar-refractivity contribution is 0.0827. The lowest BCUT2D eigenvalue weighted by atomic mass is 9.86. The van der Waals surface area contributed by atoms with Crippen molar-refractivity contribution < 1.29 is 4.79 Å². The number of benzene rings is 1. The van der Waals surface area contributed by atoms with Gasteiger partial charge >= 0.3 is 0 Å². The van der Waals surface area contributed by atoms with Crippen LogP contribution in [0.15, 0.2) is 59.2 Å². The monoisotopic (exact) mass is 511 g/mol. The Labute approximate surface area is 224 Å². The largest absolute Gasteiger partial charge is 0.388 e. The Balaban J connectivity index is 1.28. The average Bonchev–Trinajstić information content (AvgIpc) is 3.23. The summed E-state index contributed by atoms with van der Waals surface area (Å²) in [5.41, 5.74) is 8.39. The fourth-order valence-electron chi connectivity index (χ4n) is 5.87. The Morgan fingerprint density at radius 3 is 2.55 bits per heavy atom. The highest BCUT2D eigenvalue weighted by molar-refractivity contribution is 5.94. The molecule has 7 nitrogen and oxygen atoms in total. The van der Waals surface area contributed by atoms with Gasteiger partial charge in [-0.15, -0.1) is 0 Å². The van der Waals surface area contributed by atoms with E-state index in [9.17, 15) is 9.59 Å². The van der Waals surface area contributed by atoms with Crippen molar-refractivity contribution in [1.82, 2.24) is 19.4 Å². The molecule has 1 fully saturated rings. The van der Waals surface area contributed by atoms with E-state index in [1.165, 1.54) is 16.7 Å². The summed E-state index contributed by atoms with van der Waals surface area (Å²) in [6.45, 7) is 7.32. The van der Waals surface area contributed by atoms with Crippen LogP contribution in [0.1, 0.15) is 64.3 Å². The predicted octanol–water partition coefficient (Wildman–Crippen LogP) is 4.66. The summed E-state index contributed by atoms with van der Waals surface area (Å²) in [5, 5.41) is 3.03. The molecule has 1 atom stereocenters. The molecule has 3 aromatic rings. The summed E-state index contributed by atoms with van der Waals surface area (Å²) in [4.78, 5) is 34.0. The van der Waals surface area contributed by atoms with Crippen LogP contribution in [0.3, 0.4) is 0 Å². The van der Waals surface area contributed by atoms with Crippen LogP contribution in [-0.2, 0) is 0 Å². The molecule has 2 aliphatic rings. The van der Waals surface area contributed by atoms with Gasteiger partial charge in [0.1, 0.15) is 0 Å². The molecule has 0 spiro atoms. The Kier molecular flexibility index (Phi) is 7.21. The number of rotatable bonds is 6. The Morgan fingerprint density at radius 2 is 1.89 bits per heavy atom. The summed E-state index contributed by atoms with van der Waals surface area (Å²) in [5.74, 6) is 0.786. The van der Waals surface area contributed by atoms with Gasteiger partial charge in [0, 0.05) is 68.9 Å². The number of hydrogen-bond acceptors (Lipinski definition) is 5. The third-order valence-electron chi connectivity index (χ3n) is 8.12. The van der Waals surface area contributed by atoms with Gasteiger partial charge in [-0.25, -0.2) is 0 Å². The summed E-state index contributed by atoms with van der Waals surface area (Å²) in [7, 11) is 5.39. The molecule has 0 radical (unpaired) electrons. The minimum Gasteiger partial charge on any atom is -0.388 e. The molecule has 3 heterocycles. The fraction of sp³-hybridized carbons (Fsp3) is 0.387. The number of pyridine rings is 2. The van der Waals surface area contributed by atoms with Gasteiger partial charge in [-0.2, -0.15) is 0 Å². The van der Waals surface area contributed by atoms with Crippen molar-refractivity contribution in [1.29, 1.82) is 0 Å². The highest BCUT2D eigenvalue weighted by Crippen LogP contribution is 2.38. The molecule has 1 unspecified atom stereocenters. The van der Waals surface area contributed by atoms with Gasteiger partial charge in [-0.3, -0.25) is 24.0 Å². The molecule has 198 valence electrons. The topological polar surface area (TPSA) is 70.5 Å². The van der Waals surface area contributed by atoms with Gasteiger partial charge < -0.3 is 10.2 Å². The van der Waals surface area contributed by atoms with Crippen LogP contribution in [0.4, 0.5) is 5.69 Å². The second kappa shape index (κ2) is 10.6. The van der Waals surface area contributed by atoms with E-state index in [4.69, 9.17) is 4.98 Å². The van der Waals surface area contributed by atoms with E-state index < -0.39 is 0 Å². The van der Waals surface area contributed by atoms with Crippen LogP contribution < -0.4 is 10.9 Å². The predicted molar refractivity (Wildman–Crippen MR) is 153 cm³/mol. The van der Waals surface area contributed by atoms with Crippen molar-refractivity contribution in [2.24, 2.45) is 0 Å². The van der Waals surface area contributed by atoms with E-state index in [0.29, 0.717) is 5.92 Å². The lowest BCUT2D eigenvalue weighted by Gasteiger charge is -2.33. The molecular formula is C31H37N5O2. The van der Waals surface area contributed by atoms with E-state index in [1.54, 1.807) is 29.6 Å². The zero-order chi connectivity index (χ0) is 27.0. The summed E-state index contributed by atoms with van der Waals surface area (Å²) in [6.07, 6.45) is 8.10. The maximum atomic E-state index is 12.8. The number of nitrogens with zero attached hydrogens (tertiary/aromatic N) is 4. The Hall–Kier alpha value is -3.71. The van der Waals surface area contributed by atoms with Gasteiger partial charge in [0.15, 0.2) is 0 Å². The van der Waals surface area contributed by atoms with E-state index in [1.807, 2.05) is 43.7 Å². The van der Waals surface area contributed by atoms with Gasteiger partial charge in [-0.1, -0.05) is 13.0 Å². The molecule has 0 bridgehead atoms. The number of nitrogens with one attached hydrogen (secondary N) is 1. The van der Waals surface area contributed by atoms with Gasteiger partial charge in [0.2, 0.25) is 0 Å². The number of piperidine rings is 1. The highest BCUT2D eigenvalue weighted by atomic mass is 16.2. The smallest absolute Gasteiger partial charge is 0.257 e. The van der Waals surface area contributed by atoms with Crippen LogP contribution in [0.25, 0.3) is 11.8 Å². The highest BCUT2D eigenvalue weighted by Gasteiger charge is 2.29. The molecule has 1 aromatic carbocycles. The second-order valence-electron chi connectivity index (χ2n) is 10.8. The Bertz CT molecular complexity index is 1450. The maximum Gasteiger partial charge on any atom is 0.257 e. The molecule has 1 saturated heterocycles. The van der Waals surface area contributed by atoms with Crippen molar-refractivity contribution in [2.75, 3.05) is 46.1 Å². The van der Waals surface area contributed by atoms with Gasteiger partial charge in [-0.05, 0) is 85.8 Å². The van der Waals surface area contributed by atoms with Crippen molar-refractivity contribution in [3.05, 3.63) is 92.7 Å².